The highest BCUT2D eigenvalue weighted by atomic mass is 15.1. The second kappa shape index (κ2) is 4.09. The molecule has 0 unspecified atom stereocenters. The summed E-state index contributed by atoms with van der Waals surface area (Å²) in [6, 6.07) is 10.3. The minimum atomic E-state index is 0.856. The summed E-state index contributed by atoms with van der Waals surface area (Å²) in [7, 11) is 0. The number of anilines is 2. The van der Waals surface area contributed by atoms with Crippen molar-refractivity contribution in [2.24, 2.45) is 0 Å². The van der Waals surface area contributed by atoms with Crippen LogP contribution in [-0.2, 0) is 13.0 Å². The summed E-state index contributed by atoms with van der Waals surface area (Å²) in [5.41, 5.74) is 10.6. The Morgan fingerprint density at radius 2 is 2.00 bits per heavy atom. The third-order valence-electron chi connectivity index (χ3n) is 3.22. The fraction of sp³-hybridized carbons (Fsp3) is 0.214. The number of benzene rings is 1. The Bertz CT molecular complexity index is 522. The fourth-order valence-corrected chi connectivity index (χ4v) is 2.36. The van der Waals surface area contributed by atoms with E-state index in [0.29, 0.717) is 0 Å². The number of hydrogen-bond donors (Lipinski definition) is 1. The monoisotopic (exact) mass is 225 g/mol. The SMILES string of the molecule is Nc1ccc2c(c1)CCN2Cc1ccncc1. The highest BCUT2D eigenvalue weighted by Crippen LogP contribution is 2.30. The van der Waals surface area contributed by atoms with Crippen molar-refractivity contribution < 1.29 is 0 Å². The van der Waals surface area contributed by atoms with E-state index in [0.717, 1.165) is 25.2 Å². The molecule has 0 fully saturated rings. The molecule has 3 nitrogen and oxygen atoms in total. The molecule has 0 aliphatic carbocycles. The number of pyridine rings is 1. The summed E-state index contributed by atoms with van der Waals surface area (Å²) in [6.45, 7) is 2.01. The van der Waals surface area contributed by atoms with Gasteiger partial charge in [0.2, 0.25) is 0 Å². The lowest BCUT2D eigenvalue weighted by Gasteiger charge is -2.19. The highest BCUT2D eigenvalue weighted by Gasteiger charge is 2.18. The van der Waals surface area contributed by atoms with Gasteiger partial charge in [-0.2, -0.15) is 0 Å². The lowest BCUT2D eigenvalue weighted by atomic mass is 10.1. The molecule has 1 aromatic carbocycles. The Morgan fingerprint density at radius 1 is 1.18 bits per heavy atom. The zero-order chi connectivity index (χ0) is 11.7. The first-order valence-electron chi connectivity index (χ1n) is 5.85. The van der Waals surface area contributed by atoms with Gasteiger partial charge in [0.05, 0.1) is 0 Å². The molecule has 2 aromatic rings. The zero-order valence-electron chi connectivity index (χ0n) is 9.63. The van der Waals surface area contributed by atoms with Gasteiger partial charge in [-0.1, -0.05) is 0 Å². The molecule has 1 aliphatic rings. The van der Waals surface area contributed by atoms with Crippen LogP contribution in [0.2, 0.25) is 0 Å². The number of nitrogens with two attached hydrogens (primary N) is 1. The predicted molar refractivity (Wildman–Crippen MR) is 69.8 cm³/mol. The molecule has 3 heteroatoms. The van der Waals surface area contributed by atoms with E-state index in [2.05, 4.69) is 34.1 Å². The van der Waals surface area contributed by atoms with Crippen molar-refractivity contribution in [2.45, 2.75) is 13.0 Å². The molecule has 0 amide bonds. The van der Waals surface area contributed by atoms with Crippen molar-refractivity contribution in [2.75, 3.05) is 17.2 Å². The van der Waals surface area contributed by atoms with Gasteiger partial charge in [-0.05, 0) is 47.9 Å². The first-order valence-corrected chi connectivity index (χ1v) is 5.85. The lowest BCUT2D eigenvalue weighted by molar-refractivity contribution is 0.834. The van der Waals surface area contributed by atoms with Crippen molar-refractivity contribution >= 4 is 11.4 Å². The summed E-state index contributed by atoms with van der Waals surface area (Å²) in [4.78, 5) is 6.43. The number of hydrogen-bond acceptors (Lipinski definition) is 3. The van der Waals surface area contributed by atoms with Gasteiger partial charge in [0.15, 0.2) is 0 Å². The van der Waals surface area contributed by atoms with E-state index < -0.39 is 0 Å². The molecule has 0 atom stereocenters. The molecule has 0 spiro atoms. The topological polar surface area (TPSA) is 42.1 Å². The molecule has 3 rings (SSSR count). The van der Waals surface area contributed by atoms with Crippen LogP contribution in [-0.4, -0.2) is 11.5 Å². The highest BCUT2D eigenvalue weighted by molar-refractivity contribution is 5.63. The van der Waals surface area contributed by atoms with Gasteiger partial charge in [-0.3, -0.25) is 4.98 Å². The van der Waals surface area contributed by atoms with E-state index in [9.17, 15) is 0 Å². The first-order chi connectivity index (χ1) is 8.33. The Hall–Kier alpha value is -2.03. The van der Waals surface area contributed by atoms with Gasteiger partial charge >= 0.3 is 0 Å². The van der Waals surface area contributed by atoms with Crippen LogP contribution in [0.3, 0.4) is 0 Å². The van der Waals surface area contributed by atoms with E-state index >= 15 is 0 Å². The van der Waals surface area contributed by atoms with Crippen molar-refractivity contribution in [1.82, 2.24) is 4.98 Å². The maximum absolute atomic E-state index is 5.80. The number of aromatic nitrogens is 1. The van der Waals surface area contributed by atoms with E-state index in [1.165, 1.54) is 16.8 Å². The van der Waals surface area contributed by atoms with E-state index in [-0.39, 0.29) is 0 Å². The molecule has 17 heavy (non-hydrogen) atoms. The van der Waals surface area contributed by atoms with Crippen LogP contribution >= 0.6 is 0 Å². The quantitative estimate of drug-likeness (QED) is 0.797. The summed E-state index contributed by atoms with van der Waals surface area (Å²) in [6.07, 6.45) is 4.77. The molecular weight excluding hydrogens is 210 g/mol. The molecule has 0 saturated heterocycles. The Labute approximate surface area is 101 Å². The largest absolute Gasteiger partial charge is 0.399 e. The minimum Gasteiger partial charge on any atom is -0.399 e. The maximum Gasteiger partial charge on any atom is 0.0430 e. The van der Waals surface area contributed by atoms with E-state index in [1.807, 2.05) is 18.5 Å². The van der Waals surface area contributed by atoms with Crippen LogP contribution in [0.4, 0.5) is 11.4 Å². The Morgan fingerprint density at radius 3 is 2.82 bits per heavy atom. The standard InChI is InChI=1S/C14H15N3/c15-13-1-2-14-12(9-13)5-8-17(14)10-11-3-6-16-7-4-11/h1-4,6-7,9H,5,8,10,15H2. The van der Waals surface area contributed by atoms with Crippen LogP contribution in [0.15, 0.2) is 42.7 Å². The average Bonchev–Trinajstić information content (AvgIpc) is 2.73. The minimum absolute atomic E-state index is 0.856. The van der Waals surface area contributed by atoms with Gasteiger partial charge < -0.3 is 10.6 Å². The van der Waals surface area contributed by atoms with Crippen molar-refractivity contribution in [3.05, 3.63) is 53.9 Å². The molecule has 1 aliphatic heterocycles. The second-order valence-corrected chi connectivity index (χ2v) is 4.42. The first kappa shape index (κ1) is 10.1. The Kier molecular flexibility index (Phi) is 2.44. The van der Waals surface area contributed by atoms with Gasteiger partial charge in [0.25, 0.3) is 0 Å². The van der Waals surface area contributed by atoms with Gasteiger partial charge in [-0.25, -0.2) is 0 Å². The fourth-order valence-electron chi connectivity index (χ4n) is 2.36. The third kappa shape index (κ3) is 1.96. The molecule has 86 valence electrons. The summed E-state index contributed by atoms with van der Waals surface area (Å²) in [5, 5.41) is 0. The number of nitrogens with zero attached hydrogens (tertiary/aromatic N) is 2. The number of nitrogen functional groups attached to an aromatic ring is 1. The van der Waals surface area contributed by atoms with Crippen LogP contribution < -0.4 is 10.6 Å². The van der Waals surface area contributed by atoms with Crippen molar-refractivity contribution in [1.29, 1.82) is 0 Å². The van der Waals surface area contributed by atoms with E-state index in [4.69, 9.17) is 5.73 Å². The van der Waals surface area contributed by atoms with Crippen LogP contribution in [0, 0.1) is 0 Å². The molecule has 2 heterocycles. The number of fused-ring (bicyclic) bond motifs is 1. The van der Waals surface area contributed by atoms with E-state index in [1.54, 1.807) is 0 Å². The van der Waals surface area contributed by atoms with Crippen LogP contribution in [0.1, 0.15) is 11.1 Å². The second-order valence-electron chi connectivity index (χ2n) is 4.42. The molecule has 0 radical (unpaired) electrons. The van der Waals surface area contributed by atoms with Gasteiger partial charge in [-0.15, -0.1) is 0 Å². The van der Waals surface area contributed by atoms with Crippen molar-refractivity contribution in [3.63, 3.8) is 0 Å². The smallest absolute Gasteiger partial charge is 0.0430 e. The third-order valence-corrected chi connectivity index (χ3v) is 3.22. The lowest BCUT2D eigenvalue weighted by Crippen LogP contribution is -2.19. The maximum atomic E-state index is 5.80. The normalized spacial score (nSPS) is 13.8. The Balaban J connectivity index is 1.85. The molecule has 0 bridgehead atoms. The van der Waals surface area contributed by atoms with Crippen molar-refractivity contribution in [3.8, 4) is 0 Å². The number of rotatable bonds is 2. The molecular formula is C14H15N3. The van der Waals surface area contributed by atoms with Crippen LogP contribution in [0.25, 0.3) is 0 Å². The zero-order valence-corrected chi connectivity index (χ0v) is 9.63. The predicted octanol–water partition coefficient (Wildman–Crippen LogP) is 2.23. The summed E-state index contributed by atoms with van der Waals surface area (Å²) >= 11 is 0. The molecule has 1 aromatic heterocycles. The molecule has 0 saturated carbocycles. The summed E-state index contributed by atoms with van der Waals surface area (Å²) < 4.78 is 0. The van der Waals surface area contributed by atoms with Crippen LogP contribution in [0.5, 0.6) is 0 Å². The average molecular weight is 225 g/mol. The summed E-state index contributed by atoms with van der Waals surface area (Å²) in [5.74, 6) is 0. The molecule has 2 N–H and O–H groups in total. The van der Waals surface area contributed by atoms with Gasteiger partial charge in [0, 0.05) is 36.9 Å². The van der Waals surface area contributed by atoms with Gasteiger partial charge in [0.1, 0.15) is 0 Å².